The quantitative estimate of drug-likeness (QED) is 0.536. The first-order valence-electron chi connectivity index (χ1n) is 10.2. The first-order chi connectivity index (χ1) is 10.5. The summed E-state index contributed by atoms with van der Waals surface area (Å²) in [5, 5.41) is 0. The van der Waals surface area contributed by atoms with Crippen molar-refractivity contribution in [1.82, 2.24) is 0 Å². The van der Waals surface area contributed by atoms with Gasteiger partial charge >= 0.3 is 0 Å². The summed E-state index contributed by atoms with van der Waals surface area (Å²) in [5.41, 5.74) is 0. The van der Waals surface area contributed by atoms with Crippen LogP contribution in [-0.4, -0.2) is 6.17 Å². The molecule has 4 atom stereocenters. The summed E-state index contributed by atoms with van der Waals surface area (Å²) < 4.78 is 14.2. The first-order valence-corrected chi connectivity index (χ1v) is 10.2. The molecule has 0 heterocycles. The summed E-state index contributed by atoms with van der Waals surface area (Å²) in [6.07, 6.45) is 13.2. The molecule has 0 N–H and O–H groups in total. The van der Waals surface area contributed by atoms with E-state index in [1.54, 1.807) is 0 Å². The second kappa shape index (κ2) is 7.22. The second-order valence-corrected chi connectivity index (χ2v) is 9.28. The van der Waals surface area contributed by atoms with Crippen molar-refractivity contribution in [3.8, 4) is 0 Å². The van der Waals surface area contributed by atoms with Gasteiger partial charge in [-0.3, -0.25) is 0 Å². The van der Waals surface area contributed by atoms with E-state index < -0.39 is 6.17 Å². The molecule has 0 nitrogen and oxygen atoms in total. The van der Waals surface area contributed by atoms with Crippen molar-refractivity contribution in [3.05, 3.63) is 0 Å². The Hall–Kier alpha value is -0.0700. The van der Waals surface area contributed by atoms with E-state index in [4.69, 9.17) is 0 Å². The number of alkyl halides is 1. The van der Waals surface area contributed by atoms with Gasteiger partial charge in [-0.15, -0.1) is 0 Å². The van der Waals surface area contributed by atoms with Gasteiger partial charge in [0.25, 0.3) is 0 Å². The maximum absolute atomic E-state index is 14.2. The predicted octanol–water partition coefficient (Wildman–Crippen LogP) is 6.64. The molecule has 3 aliphatic rings. The molecule has 0 saturated heterocycles. The van der Waals surface area contributed by atoms with Crippen LogP contribution in [0.25, 0.3) is 0 Å². The molecule has 3 aliphatic carbocycles. The fourth-order valence-electron chi connectivity index (χ4n) is 5.88. The Morgan fingerprint density at radius 2 is 1.05 bits per heavy atom. The van der Waals surface area contributed by atoms with Crippen LogP contribution in [0.4, 0.5) is 4.39 Å². The van der Waals surface area contributed by atoms with E-state index in [-0.39, 0.29) is 5.92 Å². The molecule has 4 unspecified atom stereocenters. The Labute approximate surface area is 137 Å². The van der Waals surface area contributed by atoms with Gasteiger partial charge in [-0.05, 0) is 92.8 Å². The van der Waals surface area contributed by atoms with Gasteiger partial charge in [-0.25, -0.2) is 4.39 Å². The van der Waals surface area contributed by atoms with Gasteiger partial charge in [0.2, 0.25) is 0 Å². The van der Waals surface area contributed by atoms with Crippen molar-refractivity contribution in [3.63, 3.8) is 0 Å². The molecular weight excluding hydrogens is 271 g/mol. The van der Waals surface area contributed by atoms with Gasteiger partial charge in [0, 0.05) is 0 Å². The summed E-state index contributed by atoms with van der Waals surface area (Å²) in [6, 6.07) is 0. The molecule has 0 aromatic rings. The van der Waals surface area contributed by atoms with Gasteiger partial charge in [-0.2, -0.15) is 0 Å². The largest absolute Gasteiger partial charge is 0.247 e. The third kappa shape index (κ3) is 3.70. The molecule has 3 rings (SSSR count). The van der Waals surface area contributed by atoms with E-state index in [0.717, 1.165) is 30.1 Å². The zero-order valence-corrected chi connectivity index (χ0v) is 15.1. The lowest BCUT2D eigenvalue weighted by Crippen LogP contribution is -2.36. The first kappa shape index (κ1) is 16.8. The van der Waals surface area contributed by atoms with E-state index in [1.165, 1.54) is 57.8 Å². The summed E-state index contributed by atoms with van der Waals surface area (Å²) >= 11 is 0. The molecule has 0 bridgehead atoms. The molecule has 0 aliphatic heterocycles. The van der Waals surface area contributed by atoms with E-state index in [2.05, 4.69) is 20.8 Å². The second-order valence-electron chi connectivity index (χ2n) is 9.28. The number of hydrogen-bond acceptors (Lipinski definition) is 0. The fourth-order valence-corrected chi connectivity index (χ4v) is 5.88. The van der Waals surface area contributed by atoms with Crippen molar-refractivity contribution in [1.29, 1.82) is 0 Å². The van der Waals surface area contributed by atoms with E-state index in [0.29, 0.717) is 11.8 Å². The Morgan fingerprint density at radius 1 is 0.591 bits per heavy atom. The highest BCUT2D eigenvalue weighted by Crippen LogP contribution is 2.47. The highest BCUT2D eigenvalue weighted by atomic mass is 19.1. The fraction of sp³-hybridized carbons (Fsp3) is 1.00. The molecule has 0 radical (unpaired) electrons. The molecule has 0 spiro atoms. The third-order valence-electron chi connectivity index (χ3n) is 7.88. The van der Waals surface area contributed by atoms with Gasteiger partial charge in [-0.1, -0.05) is 33.6 Å². The SMILES string of the molecule is CC1CCC(C2CCC(C3CC(C)C(C)C(F)C3)CC2)CC1. The Balaban J connectivity index is 1.47. The van der Waals surface area contributed by atoms with Crippen molar-refractivity contribution >= 4 is 0 Å². The van der Waals surface area contributed by atoms with E-state index in [9.17, 15) is 4.39 Å². The number of rotatable bonds is 2. The Bertz CT molecular complexity index is 324. The van der Waals surface area contributed by atoms with Crippen LogP contribution in [0.2, 0.25) is 0 Å². The van der Waals surface area contributed by atoms with Crippen molar-refractivity contribution in [2.45, 2.75) is 91.2 Å². The average molecular weight is 309 g/mol. The van der Waals surface area contributed by atoms with Crippen LogP contribution in [0.15, 0.2) is 0 Å². The minimum Gasteiger partial charge on any atom is -0.247 e. The van der Waals surface area contributed by atoms with Crippen LogP contribution in [-0.2, 0) is 0 Å². The summed E-state index contributed by atoms with van der Waals surface area (Å²) in [6.45, 7) is 6.82. The van der Waals surface area contributed by atoms with Gasteiger partial charge in [0.1, 0.15) is 6.17 Å². The van der Waals surface area contributed by atoms with Gasteiger partial charge < -0.3 is 0 Å². The molecule has 3 saturated carbocycles. The molecule has 22 heavy (non-hydrogen) atoms. The van der Waals surface area contributed by atoms with E-state index >= 15 is 0 Å². The minimum absolute atomic E-state index is 0.289. The van der Waals surface area contributed by atoms with Gasteiger partial charge in [0.05, 0.1) is 0 Å². The molecule has 0 amide bonds. The molecular formula is C21H37F. The monoisotopic (exact) mass is 308 g/mol. The lowest BCUT2D eigenvalue weighted by atomic mass is 9.63. The highest BCUT2D eigenvalue weighted by Gasteiger charge is 2.38. The van der Waals surface area contributed by atoms with Crippen LogP contribution in [0.1, 0.15) is 85.0 Å². The summed E-state index contributed by atoms with van der Waals surface area (Å²) in [7, 11) is 0. The summed E-state index contributed by atoms with van der Waals surface area (Å²) in [5.74, 6) is 5.41. The van der Waals surface area contributed by atoms with Gasteiger partial charge in [0.15, 0.2) is 0 Å². The molecule has 1 heteroatoms. The van der Waals surface area contributed by atoms with Crippen molar-refractivity contribution in [2.24, 2.45) is 41.4 Å². The zero-order chi connectivity index (χ0) is 15.7. The van der Waals surface area contributed by atoms with Crippen LogP contribution < -0.4 is 0 Å². The maximum Gasteiger partial charge on any atom is 0.103 e. The minimum atomic E-state index is -0.536. The topological polar surface area (TPSA) is 0 Å². The zero-order valence-electron chi connectivity index (χ0n) is 15.1. The number of halogens is 1. The normalized spacial score (nSPS) is 50.7. The summed E-state index contributed by atoms with van der Waals surface area (Å²) in [4.78, 5) is 0. The smallest absolute Gasteiger partial charge is 0.103 e. The maximum atomic E-state index is 14.2. The van der Waals surface area contributed by atoms with Crippen molar-refractivity contribution in [2.75, 3.05) is 0 Å². The molecule has 0 aromatic heterocycles. The van der Waals surface area contributed by atoms with Crippen LogP contribution in [0, 0.1) is 41.4 Å². The highest BCUT2D eigenvalue weighted by molar-refractivity contribution is 4.89. The predicted molar refractivity (Wildman–Crippen MR) is 92.5 cm³/mol. The van der Waals surface area contributed by atoms with Crippen LogP contribution in [0.3, 0.4) is 0 Å². The third-order valence-corrected chi connectivity index (χ3v) is 7.88. The standard InChI is InChI=1S/C21H37F/c1-14-4-6-17(7-5-14)18-8-10-19(11-9-18)20-12-15(2)16(3)21(22)13-20/h14-21H,4-13H2,1-3H3. The van der Waals surface area contributed by atoms with Crippen LogP contribution in [0.5, 0.6) is 0 Å². The Morgan fingerprint density at radius 3 is 1.55 bits per heavy atom. The molecule has 128 valence electrons. The van der Waals surface area contributed by atoms with E-state index in [1.807, 2.05) is 0 Å². The lowest BCUT2D eigenvalue weighted by Gasteiger charge is -2.43. The average Bonchev–Trinajstić information content (AvgIpc) is 2.53. The number of hydrogen-bond donors (Lipinski definition) is 0. The molecule has 3 fully saturated rings. The van der Waals surface area contributed by atoms with Crippen LogP contribution >= 0.6 is 0 Å². The lowest BCUT2D eigenvalue weighted by molar-refractivity contribution is 0.0408. The van der Waals surface area contributed by atoms with Crippen molar-refractivity contribution < 1.29 is 4.39 Å². The molecule has 0 aromatic carbocycles. The Kier molecular flexibility index (Phi) is 5.51.